The molecular formula is C13H17FN2O3. The summed E-state index contributed by atoms with van der Waals surface area (Å²) >= 11 is 0. The highest BCUT2D eigenvalue weighted by molar-refractivity contribution is 5.94. The summed E-state index contributed by atoms with van der Waals surface area (Å²) in [7, 11) is 3.03. The second kappa shape index (κ2) is 5.99. The van der Waals surface area contributed by atoms with Gasteiger partial charge in [-0.3, -0.25) is 4.79 Å². The third kappa shape index (κ3) is 3.02. The van der Waals surface area contributed by atoms with Crippen LogP contribution in [-0.4, -0.2) is 45.4 Å². The highest BCUT2D eigenvalue weighted by Gasteiger charge is 2.29. The number of nitrogens with one attached hydrogen (secondary N) is 2. The molecule has 1 saturated heterocycles. The summed E-state index contributed by atoms with van der Waals surface area (Å²) < 4.78 is 23.9. The molecule has 1 aromatic rings. The Kier molecular flexibility index (Phi) is 4.34. The molecule has 0 aromatic heterocycles. The number of methoxy groups -OCH3 is 2. The monoisotopic (exact) mass is 268 g/mol. The summed E-state index contributed by atoms with van der Waals surface area (Å²) in [5, 5.41) is 5.88. The van der Waals surface area contributed by atoms with E-state index < -0.39 is 11.7 Å². The van der Waals surface area contributed by atoms with E-state index >= 15 is 0 Å². The fraction of sp³-hybridized carbons (Fsp3) is 0.462. The van der Waals surface area contributed by atoms with Gasteiger partial charge in [0, 0.05) is 26.3 Å². The number of rotatable bonds is 4. The summed E-state index contributed by atoms with van der Waals surface area (Å²) in [4.78, 5) is 12.0. The van der Waals surface area contributed by atoms with Gasteiger partial charge in [-0.1, -0.05) is 0 Å². The average Bonchev–Trinajstić information content (AvgIpc) is 2.85. The zero-order valence-electron chi connectivity index (χ0n) is 10.9. The van der Waals surface area contributed by atoms with Crippen LogP contribution in [0.1, 0.15) is 10.4 Å². The quantitative estimate of drug-likeness (QED) is 0.837. The number of hydrogen-bond donors (Lipinski definition) is 2. The van der Waals surface area contributed by atoms with Crippen molar-refractivity contribution in [3.8, 4) is 5.75 Å². The van der Waals surface area contributed by atoms with Crippen molar-refractivity contribution in [3.05, 3.63) is 29.6 Å². The fourth-order valence-electron chi connectivity index (χ4n) is 2.10. The molecule has 1 fully saturated rings. The first kappa shape index (κ1) is 13.8. The van der Waals surface area contributed by atoms with Crippen LogP contribution in [0.15, 0.2) is 18.2 Å². The third-order valence-electron chi connectivity index (χ3n) is 3.20. The van der Waals surface area contributed by atoms with Gasteiger partial charge in [-0.15, -0.1) is 0 Å². The van der Waals surface area contributed by atoms with Gasteiger partial charge in [-0.25, -0.2) is 4.39 Å². The van der Waals surface area contributed by atoms with Crippen molar-refractivity contribution in [1.82, 2.24) is 10.6 Å². The van der Waals surface area contributed by atoms with Crippen LogP contribution in [0.2, 0.25) is 0 Å². The van der Waals surface area contributed by atoms with Crippen molar-refractivity contribution in [2.45, 2.75) is 12.1 Å². The molecular weight excluding hydrogens is 251 g/mol. The van der Waals surface area contributed by atoms with Crippen LogP contribution in [-0.2, 0) is 4.74 Å². The van der Waals surface area contributed by atoms with Gasteiger partial charge < -0.3 is 20.1 Å². The number of halogens is 1. The zero-order valence-corrected chi connectivity index (χ0v) is 10.9. The lowest BCUT2D eigenvalue weighted by molar-refractivity contribution is 0.0777. The number of hydrogen-bond acceptors (Lipinski definition) is 4. The van der Waals surface area contributed by atoms with E-state index in [4.69, 9.17) is 9.47 Å². The molecule has 19 heavy (non-hydrogen) atoms. The predicted molar refractivity (Wildman–Crippen MR) is 67.9 cm³/mol. The topological polar surface area (TPSA) is 59.6 Å². The van der Waals surface area contributed by atoms with Crippen molar-refractivity contribution in [2.75, 3.05) is 27.3 Å². The predicted octanol–water partition coefficient (Wildman–Crippen LogP) is 0.551. The molecule has 1 amide bonds. The molecule has 1 aliphatic rings. The smallest absolute Gasteiger partial charge is 0.254 e. The van der Waals surface area contributed by atoms with Crippen molar-refractivity contribution in [1.29, 1.82) is 0 Å². The number of benzene rings is 1. The maximum absolute atomic E-state index is 13.8. The third-order valence-corrected chi connectivity index (χ3v) is 3.20. The van der Waals surface area contributed by atoms with E-state index in [1.807, 2.05) is 0 Å². The van der Waals surface area contributed by atoms with Crippen LogP contribution in [0.4, 0.5) is 4.39 Å². The number of carbonyl (C=O) groups is 1. The Labute approximate surface area is 111 Å². The van der Waals surface area contributed by atoms with Gasteiger partial charge >= 0.3 is 0 Å². The van der Waals surface area contributed by atoms with Gasteiger partial charge in [0.2, 0.25) is 0 Å². The average molecular weight is 268 g/mol. The minimum atomic E-state index is -0.600. The highest BCUT2D eigenvalue weighted by Crippen LogP contribution is 2.16. The molecule has 0 radical (unpaired) electrons. The largest absolute Gasteiger partial charge is 0.497 e. The lowest BCUT2D eigenvalue weighted by Gasteiger charge is -2.18. The summed E-state index contributed by atoms with van der Waals surface area (Å²) in [6.07, 6.45) is -0.0924. The van der Waals surface area contributed by atoms with Crippen molar-refractivity contribution >= 4 is 5.91 Å². The molecule has 5 nitrogen and oxygen atoms in total. The second-order valence-corrected chi connectivity index (χ2v) is 4.36. The van der Waals surface area contributed by atoms with Gasteiger partial charge in [0.15, 0.2) is 0 Å². The lowest BCUT2D eigenvalue weighted by atomic mass is 10.1. The van der Waals surface area contributed by atoms with E-state index in [-0.39, 0.29) is 17.7 Å². The maximum atomic E-state index is 13.8. The Morgan fingerprint density at radius 2 is 2.21 bits per heavy atom. The SMILES string of the molecule is COc1ccc(C(=O)NC2CNC[C@@H]2OC)c(F)c1. The minimum Gasteiger partial charge on any atom is -0.497 e. The van der Waals surface area contributed by atoms with E-state index in [0.29, 0.717) is 18.8 Å². The Hall–Kier alpha value is -1.66. The van der Waals surface area contributed by atoms with Crippen LogP contribution in [0.5, 0.6) is 5.75 Å². The molecule has 1 aliphatic heterocycles. The second-order valence-electron chi connectivity index (χ2n) is 4.36. The fourth-order valence-corrected chi connectivity index (χ4v) is 2.10. The Morgan fingerprint density at radius 3 is 2.84 bits per heavy atom. The number of amides is 1. The van der Waals surface area contributed by atoms with Gasteiger partial charge in [0.05, 0.1) is 24.8 Å². The molecule has 2 N–H and O–H groups in total. The van der Waals surface area contributed by atoms with E-state index in [1.54, 1.807) is 13.2 Å². The van der Waals surface area contributed by atoms with Gasteiger partial charge in [-0.05, 0) is 12.1 Å². The van der Waals surface area contributed by atoms with Crippen LogP contribution in [0, 0.1) is 5.82 Å². The summed E-state index contributed by atoms with van der Waals surface area (Å²) in [5.41, 5.74) is 0.00236. The standard InChI is InChI=1S/C13H17FN2O3/c1-18-8-3-4-9(10(14)5-8)13(17)16-11-6-15-7-12(11)19-2/h3-5,11-12,15H,6-7H2,1-2H3,(H,16,17)/t11?,12-/m0/s1. The first-order valence-electron chi connectivity index (χ1n) is 6.03. The molecule has 0 saturated carbocycles. The first-order valence-corrected chi connectivity index (χ1v) is 6.03. The van der Waals surface area contributed by atoms with E-state index in [1.165, 1.54) is 19.2 Å². The molecule has 1 unspecified atom stereocenters. The molecule has 0 aliphatic carbocycles. The summed E-state index contributed by atoms with van der Waals surface area (Å²) in [6.45, 7) is 1.29. The number of ether oxygens (including phenoxy) is 2. The number of carbonyl (C=O) groups excluding carboxylic acids is 1. The molecule has 1 aromatic carbocycles. The van der Waals surface area contributed by atoms with E-state index in [9.17, 15) is 9.18 Å². The van der Waals surface area contributed by atoms with Crippen LogP contribution >= 0.6 is 0 Å². The van der Waals surface area contributed by atoms with Crippen LogP contribution in [0.25, 0.3) is 0 Å². The summed E-state index contributed by atoms with van der Waals surface area (Å²) in [6, 6.07) is 4.00. The van der Waals surface area contributed by atoms with Crippen LogP contribution in [0.3, 0.4) is 0 Å². The van der Waals surface area contributed by atoms with Gasteiger partial charge in [0.1, 0.15) is 11.6 Å². The minimum absolute atomic E-state index is 0.00236. The Balaban J connectivity index is 2.07. The van der Waals surface area contributed by atoms with Crippen molar-refractivity contribution in [2.24, 2.45) is 0 Å². The maximum Gasteiger partial charge on any atom is 0.254 e. The molecule has 6 heteroatoms. The van der Waals surface area contributed by atoms with E-state index in [2.05, 4.69) is 10.6 Å². The first-order chi connectivity index (χ1) is 9.15. The van der Waals surface area contributed by atoms with Crippen molar-refractivity contribution in [3.63, 3.8) is 0 Å². The van der Waals surface area contributed by atoms with Gasteiger partial charge in [-0.2, -0.15) is 0 Å². The van der Waals surface area contributed by atoms with Gasteiger partial charge in [0.25, 0.3) is 5.91 Å². The lowest BCUT2D eigenvalue weighted by Crippen LogP contribution is -2.43. The Bertz CT molecular complexity index is 467. The molecule has 0 spiro atoms. The molecule has 104 valence electrons. The highest BCUT2D eigenvalue weighted by atomic mass is 19.1. The molecule has 1 heterocycles. The van der Waals surface area contributed by atoms with Crippen LogP contribution < -0.4 is 15.4 Å². The normalized spacial score (nSPS) is 22.3. The zero-order chi connectivity index (χ0) is 13.8. The molecule has 2 atom stereocenters. The summed E-state index contributed by atoms with van der Waals surface area (Å²) in [5.74, 6) is -0.668. The van der Waals surface area contributed by atoms with E-state index in [0.717, 1.165) is 0 Å². The molecule has 2 rings (SSSR count). The Morgan fingerprint density at radius 1 is 1.42 bits per heavy atom. The molecule has 0 bridgehead atoms. The van der Waals surface area contributed by atoms with Crippen molar-refractivity contribution < 1.29 is 18.7 Å².